The molecule has 23 heavy (non-hydrogen) atoms. The van der Waals surface area contributed by atoms with Crippen molar-refractivity contribution < 1.29 is 26.7 Å². The summed E-state index contributed by atoms with van der Waals surface area (Å²) < 4.78 is 66.7. The minimum Gasteiger partial charge on any atom is -0.470 e. The first kappa shape index (κ1) is 16.6. The van der Waals surface area contributed by atoms with Crippen molar-refractivity contribution in [3.8, 4) is 0 Å². The topological polar surface area (TPSA) is 89.9 Å². The highest BCUT2D eigenvalue weighted by Gasteiger charge is 2.28. The van der Waals surface area contributed by atoms with Gasteiger partial charge in [-0.25, -0.2) is 13.8 Å². The number of hydrogen-bond acceptors (Lipinski definition) is 4. The molecule has 1 heterocycles. The predicted molar refractivity (Wildman–Crippen MR) is 72.5 cm³/mol. The fourth-order valence-electron chi connectivity index (χ4n) is 1.70. The number of aromatic amines is 1. The Labute approximate surface area is 126 Å². The van der Waals surface area contributed by atoms with Gasteiger partial charge in [-0.3, -0.25) is 0 Å². The van der Waals surface area contributed by atoms with Crippen molar-refractivity contribution in [1.82, 2.24) is 9.97 Å². The van der Waals surface area contributed by atoms with Crippen molar-refractivity contribution in [3.05, 3.63) is 47.8 Å². The number of halogens is 5. The van der Waals surface area contributed by atoms with Gasteiger partial charge in [0.1, 0.15) is 5.82 Å². The normalized spacial score (nSPS) is 13.6. The number of nitrogens with two attached hydrogens (primary N) is 2. The minimum absolute atomic E-state index is 0.0612. The zero-order valence-electron chi connectivity index (χ0n) is 11.4. The third-order valence-electron chi connectivity index (χ3n) is 2.68. The molecule has 0 bridgehead atoms. The molecule has 0 saturated heterocycles. The molecule has 0 radical (unpaired) electrons. The first-order valence-electron chi connectivity index (χ1n) is 6.13. The number of alkyl halides is 3. The van der Waals surface area contributed by atoms with Crippen LogP contribution in [0.3, 0.4) is 0 Å². The molecule has 1 aromatic carbocycles. The van der Waals surface area contributed by atoms with Crippen molar-refractivity contribution in [3.63, 3.8) is 0 Å². The lowest BCUT2D eigenvalue weighted by atomic mass is 10.2. The van der Waals surface area contributed by atoms with E-state index in [0.717, 1.165) is 24.4 Å². The number of hydrogen-bond donors (Lipinski definition) is 3. The van der Waals surface area contributed by atoms with Gasteiger partial charge in [-0.15, -0.1) is 0 Å². The van der Waals surface area contributed by atoms with Crippen LogP contribution >= 0.6 is 0 Å². The third-order valence-corrected chi connectivity index (χ3v) is 2.68. The average molecular weight is 334 g/mol. The second-order valence-electron chi connectivity index (χ2n) is 4.44. The predicted octanol–water partition coefficient (Wildman–Crippen LogP) is 2.52. The van der Waals surface area contributed by atoms with E-state index in [-0.39, 0.29) is 22.4 Å². The Morgan fingerprint density at radius 2 is 1.91 bits per heavy atom. The highest BCUT2D eigenvalue weighted by Crippen LogP contribution is 2.21. The molecule has 2 aromatic rings. The molecule has 2 rings (SSSR count). The van der Waals surface area contributed by atoms with Crippen LogP contribution in [0.5, 0.6) is 0 Å². The van der Waals surface area contributed by atoms with Crippen molar-refractivity contribution >= 4 is 16.6 Å². The van der Waals surface area contributed by atoms with Gasteiger partial charge in [0.25, 0.3) is 0 Å². The molecule has 0 aliphatic rings. The van der Waals surface area contributed by atoms with Crippen LogP contribution in [0.1, 0.15) is 5.82 Å². The fraction of sp³-hybridized carbons (Fsp3) is 0.154. The number of rotatable bonds is 4. The Balaban J connectivity index is 2.27. The molecular formula is C13H11F5N4O. The maximum Gasteiger partial charge on any atom is 0.422 e. The Kier molecular flexibility index (Phi) is 4.43. The molecule has 0 fully saturated rings. The van der Waals surface area contributed by atoms with Crippen LogP contribution in [0.15, 0.2) is 30.3 Å². The number of benzene rings is 1. The summed E-state index contributed by atoms with van der Waals surface area (Å²) in [6.45, 7) is -1.57. The molecule has 0 spiro atoms. The van der Waals surface area contributed by atoms with Crippen LogP contribution < -0.4 is 11.5 Å². The van der Waals surface area contributed by atoms with Crippen molar-refractivity contribution in [2.45, 2.75) is 6.18 Å². The van der Waals surface area contributed by atoms with Crippen molar-refractivity contribution in [2.75, 3.05) is 6.61 Å². The Morgan fingerprint density at radius 3 is 2.52 bits per heavy atom. The van der Waals surface area contributed by atoms with Crippen LogP contribution in [0.25, 0.3) is 16.6 Å². The van der Waals surface area contributed by atoms with E-state index in [1.165, 1.54) is 0 Å². The van der Waals surface area contributed by atoms with Gasteiger partial charge in [-0.05, 0) is 0 Å². The van der Waals surface area contributed by atoms with Gasteiger partial charge >= 0.3 is 6.18 Å². The SMILES string of the molecule is N/C=C(\C=C(/N)OCC(F)(F)F)c1nc2cc(F)c(F)cc2[nH]1. The summed E-state index contributed by atoms with van der Waals surface area (Å²) in [5.41, 5.74) is 11.1. The second kappa shape index (κ2) is 6.15. The van der Waals surface area contributed by atoms with Gasteiger partial charge < -0.3 is 21.2 Å². The molecule has 1 aromatic heterocycles. The molecule has 5 N–H and O–H groups in total. The minimum atomic E-state index is -4.54. The van der Waals surface area contributed by atoms with E-state index in [2.05, 4.69) is 14.7 Å². The number of aromatic nitrogens is 2. The number of imidazole rings is 1. The van der Waals surface area contributed by atoms with E-state index in [1.807, 2.05) is 0 Å². The second-order valence-corrected chi connectivity index (χ2v) is 4.44. The molecule has 0 aliphatic heterocycles. The number of ether oxygens (including phenoxy) is 1. The monoisotopic (exact) mass is 334 g/mol. The summed E-state index contributed by atoms with van der Waals surface area (Å²) in [4.78, 5) is 6.61. The van der Waals surface area contributed by atoms with Crippen molar-refractivity contribution in [1.29, 1.82) is 0 Å². The van der Waals surface area contributed by atoms with Crippen LogP contribution in [0.4, 0.5) is 22.0 Å². The van der Waals surface area contributed by atoms with E-state index in [1.54, 1.807) is 0 Å². The number of H-pyrrole nitrogens is 1. The number of allylic oxidation sites excluding steroid dienone is 2. The van der Waals surface area contributed by atoms with Crippen molar-refractivity contribution in [2.24, 2.45) is 11.5 Å². The van der Waals surface area contributed by atoms with E-state index in [0.29, 0.717) is 0 Å². The van der Waals surface area contributed by atoms with Crippen LogP contribution in [-0.2, 0) is 4.74 Å². The highest BCUT2D eigenvalue weighted by molar-refractivity contribution is 5.81. The molecule has 124 valence electrons. The largest absolute Gasteiger partial charge is 0.470 e. The summed E-state index contributed by atoms with van der Waals surface area (Å²) in [5, 5.41) is 0. The molecule has 0 aliphatic carbocycles. The first-order valence-corrected chi connectivity index (χ1v) is 6.13. The van der Waals surface area contributed by atoms with E-state index < -0.39 is 30.3 Å². The van der Waals surface area contributed by atoms with Gasteiger partial charge in [0.2, 0.25) is 0 Å². The quantitative estimate of drug-likeness (QED) is 0.455. The lowest BCUT2D eigenvalue weighted by Gasteiger charge is -2.09. The molecule has 5 nitrogen and oxygen atoms in total. The maximum absolute atomic E-state index is 13.1. The lowest BCUT2D eigenvalue weighted by Crippen LogP contribution is -2.19. The van der Waals surface area contributed by atoms with Gasteiger partial charge in [0.05, 0.1) is 11.0 Å². The summed E-state index contributed by atoms with van der Waals surface area (Å²) in [6, 6.07) is 1.76. The Morgan fingerprint density at radius 1 is 1.26 bits per heavy atom. The molecular weight excluding hydrogens is 323 g/mol. The highest BCUT2D eigenvalue weighted by atomic mass is 19.4. The van der Waals surface area contributed by atoms with Gasteiger partial charge in [-0.1, -0.05) is 0 Å². The van der Waals surface area contributed by atoms with Gasteiger partial charge in [-0.2, -0.15) is 13.2 Å². The molecule has 0 atom stereocenters. The fourth-order valence-corrected chi connectivity index (χ4v) is 1.70. The molecule has 0 unspecified atom stereocenters. The Bertz CT molecular complexity index is 739. The lowest BCUT2D eigenvalue weighted by molar-refractivity contribution is -0.165. The maximum atomic E-state index is 13.1. The van der Waals surface area contributed by atoms with E-state index >= 15 is 0 Å². The van der Waals surface area contributed by atoms with E-state index in [9.17, 15) is 22.0 Å². The zero-order chi connectivity index (χ0) is 17.2. The zero-order valence-corrected chi connectivity index (χ0v) is 11.4. The van der Waals surface area contributed by atoms with Crippen LogP contribution in [0, 0.1) is 11.6 Å². The Hall–Kier alpha value is -2.78. The molecule has 0 amide bonds. The molecule has 10 heteroatoms. The summed E-state index contributed by atoms with van der Waals surface area (Å²) in [6.07, 6.45) is -2.52. The summed E-state index contributed by atoms with van der Waals surface area (Å²) in [5.74, 6) is -2.64. The standard InChI is InChI=1S/C13H11F5N4O/c14-7-2-9-10(3-8(7)15)22-12(21-9)6(4-19)1-11(20)23-5-13(16,17)18/h1-4H,5,19-20H2,(H,21,22)/b6-4+,11-1+. The number of nitrogens with zero attached hydrogens (tertiary/aromatic N) is 1. The van der Waals surface area contributed by atoms with Gasteiger partial charge in [0.15, 0.2) is 24.1 Å². The first-order chi connectivity index (χ1) is 10.7. The van der Waals surface area contributed by atoms with Crippen LogP contribution in [-0.4, -0.2) is 22.8 Å². The molecule has 0 saturated carbocycles. The summed E-state index contributed by atoms with van der Waals surface area (Å²) in [7, 11) is 0. The third kappa shape index (κ3) is 4.11. The smallest absolute Gasteiger partial charge is 0.422 e. The summed E-state index contributed by atoms with van der Waals surface area (Å²) >= 11 is 0. The van der Waals surface area contributed by atoms with Gasteiger partial charge in [0, 0.05) is 30.0 Å². The van der Waals surface area contributed by atoms with E-state index in [4.69, 9.17) is 11.5 Å². The number of nitrogens with one attached hydrogen (secondary N) is 1. The average Bonchev–Trinajstić information content (AvgIpc) is 2.85. The van der Waals surface area contributed by atoms with Crippen LogP contribution in [0.2, 0.25) is 0 Å². The number of fused-ring (bicyclic) bond motifs is 1.